The van der Waals surface area contributed by atoms with Crippen molar-refractivity contribution in [2.45, 2.75) is 20.3 Å². The summed E-state index contributed by atoms with van der Waals surface area (Å²) in [7, 11) is 0. The van der Waals surface area contributed by atoms with Gasteiger partial charge in [-0.05, 0) is 6.42 Å². The van der Waals surface area contributed by atoms with Crippen LogP contribution in [0.1, 0.15) is 29.3 Å². The maximum absolute atomic E-state index is 11.5. The van der Waals surface area contributed by atoms with Gasteiger partial charge in [-0.2, -0.15) is 0 Å². The van der Waals surface area contributed by atoms with Gasteiger partial charge >= 0.3 is 0 Å². The van der Waals surface area contributed by atoms with Gasteiger partial charge in [0.15, 0.2) is 5.78 Å². The normalized spacial score (nSPS) is 16.5. The Morgan fingerprint density at radius 1 is 1.50 bits per heavy atom. The standard InChI is InChI=1S/C11H16N2O2S/c1-3-9-12-10(8(2)14)11(16-9)13-4-6-15-7-5-13/h3-7H2,1-2H3. The van der Waals surface area contributed by atoms with Gasteiger partial charge in [-0.3, -0.25) is 4.79 Å². The number of thiazole rings is 1. The molecule has 0 unspecified atom stereocenters. The van der Waals surface area contributed by atoms with Gasteiger partial charge < -0.3 is 9.64 Å². The first-order valence-corrected chi connectivity index (χ1v) is 6.37. The van der Waals surface area contributed by atoms with Crippen LogP contribution in [0.2, 0.25) is 0 Å². The highest BCUT2D eigenvalue weighted by atomic mass is 32.1. The van der Waals surface area contributed by atoms with E-state index in [9.17, 15) is 4.79 Å². The Bertz CT molecular complexity index is 383. The van der Waals surface area contributed by atoms with Crippen molar-refractivity contribution in [3.05, 3.63) is 10.7 Å². The highest BCUT2D eigenvalue weighted by Gasteiger charge is 2.21. The zero-order valence-corrected chi connectivity index (χ0v) is 10.5. The smallest absolute Gasteiger partial charge is 0.181 e. The summed E-state index contributed by atoms with van der Waals surface area (Å²) in [4.78, 5) is 18.1. The summed E-state index contributed by atoms with van der Waals surface area (Å²) in [6.45, 7) is 6.81. The van der Waals surface area contributed by atoms with Crippen LogP contribution in [-0.4, -0.2) is 37.1 Å². The minimum Gasteiger partial charge on any atom is -0.378 e. The monoisotopic (exact) mass is 240 g/mol. The molecular formula is C11H16N2O2S. The van der Waals surface area contributed by atoms with Crippen molar-refractivity contribution in [1.82, 2.24) is 4.98 Å². The van der Waals surface area contributed by atoms with Crippen molar-refractivity contribution < 1.29 is 9.53 Å². The molecule has 4 nitrogen and oxygen atoms in total. The predicted octanol–water partition coefficient (Wildman–Crippen LogP) is 1.74. The molecule has 1 fully saturated rings. The summed E-state index contributed by atoms with van der Waals surface area (Å²) < 4.78 is 5.31. The lowest BCUT2D eigenvalue weighted by Gasteiger charge is -2.27. The van der Waals surface area contributed by atoms with Crippen LogP contribution in [0.15, 0.2) is 0 Å². The van der Waals surface area contributed by atoms with E-state index < -0.39 is 0 Å². The van der Waals surface area contributed by atoms with E-state index >= 15 is 0 Å². The number of nitrogens with zero attached hydrogens (tertiary/aromatic N) is 2. The lowest BCUT2D eigenvalue weighted by Crippen LogP contribution is -2.36. The second-order valence-electron chi connectivity index (χ2n) is 3.77. The fraction of sp³-hybridized carbons (Fsp3) is 0.636. The van der Waals surface area contributed by atoms with Gasteiger partial charge in [-0.1, -0.05) is 6.92 Å². The predicted molar refractivity (Wildman–Crippen MR) is 64.5 cm³/mol. The maximum Gasteiger partial charge on any atom is 0.181 e. The van der Waals surface area contributed by atoms with Crippen LogP contribution in [0.5, 0.6) is 0 Å². The second kappa shape index (κ2) is 4.93. The van der Waals surface area contributed by atoms with Crippen molar-refractivity contribution in [3.63, 3.8) is 0 Å². The number of rotatable bonds is 3. The van der Waals surface area contributed by atoms with Crippen molar-refractivity contribution in [2.24, 2.45) is 0 Å². The van der Waals surface area contributed by atoms with Gasteiger partial charge in [0.2, 0.25) is 0 Å². The third-order valence-electron chi connectivity index (χ3n) is 2.59. The van der Waals surface area contributed by atoms with Crippen LogP contribution in [-0.2, 0) is 11.2 Å². The number of ketones is 1. The van der Waals surface area contributed by atoms with E-state index in [1.165, 1.54) is 0 Å². The van der Waals surface area contributed by atoms with Crippen molar-refractivity contribution >= 4 is 22.1 Å². The molecule has 1 aliphatic rings. The van der Waals surface area contributed by atoms with Gasteiger partial charge in [0.1, 0.15) is 10.7 Å². The van der Waals surface area contributed by atoms with E-state index in [0.717, 1.165) is 42.7 Å². The molecule has 2 heterocycles. The molecule has 5 heteroatoms. The number of carbonyl (C=O) groups is 1. The quantitative estimate of drug-likeness (QED) is 0.755. The zero-order chi connectivity index (χ0) is 11.5. The Balaban J connectivity index is 2.29. The molecule has 1 aromatic heterocycles. The lowest BCUT2D eigenvalue weighted by atomic mass is 10.3. The minimum absolute atomic E-state index is 0.0532. The van der Waals surface area contributed by atoms with Gasteiger partial charge in [0.05, 0.1) is 18.2 Å². The zero-order valence-electron chi connectivity index (χ0n) is 9.65. The first-order chi connectivity index (χ1) is 7.72. The molecule has 0 aromatic carbocycles. The molecule has 0 amide bonds. The number of ether oxygens (including phenoxy) is 1. The molecule has 0 atom stereocenters. The molecule has 0 aliphatic carbocycles. The summed E-state index contributed by atoms with van der Waals surface area (Å²) in [5.74, 6) is 0.0532. The topological polar surface area (TPSA) is 42.4 Å². The number of hydrogen-bond donors (Lipinski definition) is 0. The summed E-state index contributed by atoms with van der Waals surface area (Å²) in [6.07, 6.45) is 0.884. The number of hydrogen-bond acceptors (Lipinski definition) is 5. The largest absolute Gasteiger partial charge is 0.378 e. The van der Waals surface area contributed by atoms with Crippen molar-refractivity contribution in [1.29, 1.82) is 0 Å². The van der Waals surface area contributed by atoms with Crippen molar-refractivity contribution in [3.8, 4) is 0 Å². The van der Waals surface area contributed by atoms with Gasteiger partial charge in [0, 0.05) is 20.0 Å². The van der Waals surface area contributed by atoms with E-state index in [4.69, 9.17) is 4.74 Å². The molecule has 0 bridgehead atoms. The van der Waals surface area contributed by atoms with E-state index in [2.05, 4.69) is 16.8 Å². The maximum atomic E-state index is 11.5. The van der Waals surface area contributed by atoms with E-state index in [1.54, 1.807) is 18.3 Å². The summed E-state index contributed by atoms with van der Waals surface area (Å²) in [5.41, 5.74) is 0.628. The number of anilines is 1. The first kappa shape index (κ1) is 11.5. The van der Waals surface area contributed by atoms with Crippen LogP contribution in [0.4, 0.5) is 5.00 Å². The lowest BCUT2D eigenvalue weighted by molar-refractivity contribution is 0.101. The third-order valence-corrected chi connectivity index (χ3v) is 3.85. The number of Topliss-reactive ketones (excluding diaryl/α,β-unsaturated/α-hetero) is 1. The van der Waals surface area contributed by atoms with E-state index in [1.807, 2.05) is 0 Å². The van der Waals surface area contributed by atoms with E-state index in [0.29, 0.717) is 5.69 Å². The van der Waals surface area contributed by atoms with Crippen LogP contribution in [0.25, 0.3) is 0 Å². The highest BCUT2D eigenvalue weighted by Crippen LogP contribution is 2.30. The average molecular weight is 240 g/mol. The van der Waals surface area contributed by atoms with Gasteiger partial charge in [-0.15, -0.1) is 11.3 Å². The molecule has 1 aliphatic heterocycles. The third kappa shape index (κ3) is 2.25. The van der Waals surface area contributed by atoms with Crippen molar-refractivity contribution in [2.75, 3.05) is 31.2 Å². The molecule has 1 aromatic rings. The number of carbonyl (C=O) groups excluding carboxylic acids is 1. The summed E-state index contributed by atoms with van der Waals surface area (Å²) in [5, 5.41) is 2.05. The first-order valence-electron chi connectivity index (χ1n) is 5.55. The molecule has 16 heavy (non-hydrogen) atoms. The molecule has 0 N–H and O–H groups in total. The molecule has 0 saturated carbocycles. The van der Waals surface area contributed by atoms with Crippen LogP contribution in [0, 0.1) is 0 Å². The van der Waals surface area contributed by atoms with Crippen LogP contribution < -0.4 is 4.90 Å². The molecule has 0 radical (unpaired) electrons. The molecule has 0 spiro atoms. The number of aryl methyl sites for hydroxylation is 1. The number of morpholine rings is 1. The summed E-state index contributed by atoms with van der Waals surface area (Å²) >= 11 is 1.63. The molecule has 2 rings (SSSR count). The van der Waals surface area contributed by atoms with E-state index in [-0.39, 0.29) is 5.78 Å². The molecular weight excluding hydrogens is 224 g/mol. The van der Waals surface area contributed by atoms with Gasteiger partial charge in [-0.25, -0.2) is 4.98 Å². The molecule has 1 saturated heterocycles. The van der Waals surface area contributed by atoms with Gasteiger partial charge in [0.25, 0.3) is 0 Å². The summed E-state index contributed by atoms with van der Waals surface area (Å²) in [6, 6.07) is 0. The number of aromatic nitrogens is 1. The Morgan fingerprint density at radius 3 is 2.75 bits per heavy atom. The fourth-order valence-electron chi connectivity index (χ4n) is 1.72. The Kier molecular flexibility index (Phi) is 3.56. The average Bonchev–Trinajstić information content (AvgIpc) is 2.74. The SMILES string of the molecule is CCc1nc(C(C)=O)c(N2CCOCC2)s1. The Hall–Kier alpha value is -0.940. The van der Waals surface area contributed by atoms with Crippen LogP contribution >= 0.6 is 11.3 Å². The fourth-order valence-corrected chi connectivity index (χ4v) is 2.82. The Labute approximate surface area is 99.2 Å². The molecule has 88 valence electrons. The minimum atomic E-state index is 0.0532. The highest BCUT2D eigenvalue weighted by molar-refractivity contribution is 7.16. The second-order valence-corrected chi connectivity index (χ2v) is 4.83. The van der Waals surface area contributed by atoms with Crippen LogP contribution in [0.3, 0.4) is 0 Å². The Morgan fingerprint density at radius 2 is 2.19 bits per heavy atom.